The maximum Gasteiger partial charge on any atom is 0.306 e. The summed E-state index contributed by atoms with van der Waals surface area (Å²) in [5.74, 6) is 1.15. The Labute approximate surface area is 146 Å². The Kier molecular flexibility index (Phi) is 7.62. The second-order valence-corrected chi connectivity index (χ2v) is 6.72. The Balaban J connectivity index is 2.60. The third-order valence-electron chi connectivity index (χ3n) is 3.00. The molecule has 0 fully saturated rings. The maximum atomic E-state index is 11.7. The second-order valence-electron chi connectivity index (χ2n) is 6.19. The Morgan fingerprint density at radius 1 is 1.26 bits per heavy atom. The summed E-state index contributed by atoms with van der Waals surface area (Å²) in [7, 11) is 1.61. The van der Waals surface area contributed by atoms with Gasteiger partial charge in [0.2, 0.25) is 0 Å². The molecule has 0 aromatic heterocycles. The summed E-state index contributed by atoms with van der Waals surface area (Å²) >= 11 is 3.28. The second kappa shape index (κ2) is 8.96. The number of halogens is 1. The molecule has 0 spiro atoms. The molecular formula is C18H25BrO4. The van der Waals surface area contributed by atoms with Crippen LogP contribution in [0.25, 0.3) is 6.08 Å². The molecule has 0 aliphatic rings. The minimum atomic E-state index is -0.449. The van der Waals surface area contributed by atoms with Crippen molar-refractivity contribution in [3.05, 3.63) is 28.2 Å². The van der Waals surface area contributed by atoms with Crippen LogP contribution in [-0.2, 0) is 9.53 Å². The molecule has 0 saturated carbocycles. The first-order chi connectivity index (χ1) is 10.8. The van der Waals surface area contributed by atoms with Gasteiger partial charge in [-0.25, -0.2) is 0 Å². The predicted octanol–water partition coefficient (Wildman–Crippen LogP) is 4.87. The SMILES string of the molecule is COc1cc(C)c(/C=C/Br)cc1OCCCC(=O)OC(C)(C)C. The number of carbonyl (C=O) groups excluding carboxylic acids is 1. The van der Waals surface area contributed by atoms with Crippen LogP contribution >= 0.6 is 15.9 Å². The molecule has 0 bridgehead atoms. The lowest BCUT2D eigenvalue weighted by Crippen LogP contribution is -2.23. The Hall–Kier alpha value is -1.49. The van der Waals surface area contributed by atoms with Crippen LogP contribution in [0.1, 0.15) is 44.7 Å². The summed E-state index contributed by atoms with van der Waals surface area (Å²) in [5.41, 5.74) is 1.69. The number of carbonyl (C=O) groups is 1. The summed E-state index contributed by atoms with van der Waals surface area (Å²) in [4.78, 5) is 13.5. The number of methoxy groups -OCH3 is 1. The number of ether oxygens (including phenoxy) is 3. The summed E-state index contributed by atoms with van der Waals surface area (Å²) in [6.45, 7) is 8.01. The van der Waals surface area contributed by atoms with Gasteiger partial charge in [0, 0.05) is 6.42 Å². The quantitative estimate of drug-likeness (QED) is 0.496. The molecule has 0 unspecified atom stereocenters. The van der Waals surface area contributed by atoms with E-state index in [-0.39, 0.29) is 5.97 Å². The predicted molar refractivity (Wildman–Crippen MR) is 96.3 cm³/mol. The molecule has 23 heavy (non-hydrogen) atoms. The van der Waals surface area contributed by atoms with Crippen LogP contribution in [0.3, 0.4) is 0 Å². The van der Waals surface area contributed by atoms with E-state index in [4.69, 9.17) is 14.2 Å². The first-order valence-electron chi connectivity index (χ1n) is 7.57. The van der Waals surface area contributed by atoms with E-state index in [0.717, 1.165) is 11.1 Å². The molecule has 1 aromatic rings. The van der Waals surface area contributed by atoms with E-state index in [1.54, 1.807) is 12.1 Å². The zero-order chi connectivity index (χ0) is 17.5. The van der Waals surface area contributed by atoms with Crippen molar-refractivity contribution in [3.63, 3.8) is 0 Å². The van der Waals surface area contributed by atoms with Gasteiger partial charge in [-0.1, -0.05) is 15.9 Å². The zero-order valence-corrected chi connectivity index (χ0v) is 16.0. The van der Waals surface area contributed by atoms with Crippen LogP contribution in [0.4, 0.5) is 0 Å². The Morgan fingerprint density at radius 3 is 2.52 bits per heavy atom. The lowest BCUT2D eigenvalue weighted by Gasteiger charge is -2.19. The lowest BCUT2D eigenvalue weighted by molar-refractivity contribution is -0.155. The van der Waals surface area contributed by atoms with Gasteiger partial charge in [0.05, 0.1) is 13.7 Å². The Morgan fingerprint density at radius 2 is 1.96 bits per heavy atom. The van der Waals surface area contributed by atoms with E-state index in [9.17, 15) is 4.79 Å². The van der Waals surface area contributed by atoms with Gasteiger partial charge in [0.15, 0.2) is 11.5 Å². The van der Waals surface area contributed by atoms with Crippen molar-refractivity contribution in [1.29, 1.82) is 0 Å². The average molecular weight is 385 g/mol. The fraction of sp³-hybridized carbons (Fsp3) is 0.500. The third-order valence-corrected chi connectivity index (χ3v) is 3.26. The molecule has 1 rings (SSSR count). The van der Waals surface area contributed by atoms with Gasteiger partial charge in [0.1, 0.15) is 5.60 Å². The van der Waals surface area contributed by atoms with Crippen molar-refractivity contribution in [2.24, 2.45) is 0 Å². The summed E-state index contributed by atoms with van der Waals surface area (Å²) in [6, 6.07) is 3.87. The molecule has 0 saturated heterocycles. The van der Waals surface area contributed by atoms with Crippen LogP contribution in [0.15, 0.2) is 17.1 Å². The Bertz CT molecular complexity index is 559. The highest BCUT2D eigenvalue weighted by atomic mass is 79.9. The van der Waals surface area contributed by atoms with Gasteiger partial charge in [0.25, 0.3) is 0 Å². The highest BCUT2D eigenvalue weighted by Gasteiger charge is 2.16. The van der Waals surface area contributed by atoms with Crippen LogP contribution in [0, 0.1) is 6.92 Å². The molecule has 128 valence electrons. The van der Waals surface area contributed by atoms with Gasteiger partial charge in [-0.05, 0) is 68.4 Å². The molecule has 5 heteroatoms. The van der Waals surface area contributed by atoms with Crippen molar-refractivity contribution in [2.45, 2.75) is 46.1 Å². The van der Waals surface area contributed by atoms with Crippen molar-refractivity contribution in [1.82, 2.24) is 0 Å². The first kappa shape index (κ1) is 19.6. The zero-order valence-electron chi connectivity index (χ0n) is 14.4. The van der Waals surface area contributed by atoms with Gasteiger partial charge in [-0.15, -0.1) is 0 Å². The molecule has 0 N–H and O–H groups in total. The first-order valence-corrected chi connectivity index (χ1v) is 8.48. The van der Waals surface area contributed by atoms with E-state index >= 15 is 0 Å². The topological polar surface area (TPSA) is 44.8 Å². The summed E-state index contributed by atoms with van der Waals surface area (Å²) < 4.78 is 16.4. The molecular weight excluding hydrogens is 360 g/mol. The van der Waals surface area contributed by atoms with E-state index in [0.29, 0.717) is 30.9 Å². The minimum absolute atomic E-state index is 0.208. The summed E-state index contributed by atoms with van der Waals surface area (Å²) in [5, 5.41) is 0. The van der Waals surface area contributed by atoms with Crippen LogP contribution in [0.2, 0.25) is 0 Å². The number of hydrogen-bond donors (Lipinski definition) is 0. The van der Waals surface area contributed by atoms with Gasteiger partial charge < -0.3 is 14.2 Å². The number of aryl methyl sites for hydroxylation is 1. The fourth-order valence-electron chi connectivity index (χ4n) is 1.99. The number of rotatable bonds is 7. The van der Waals surface area contributed by atoms with Crippen molar-refractivity contribution < 1.29 is 19.0 Å². The maximum absolute atomic E-state index is 11.7. The number of hydrogen-bond acceptors (Lipinski definition) is 4. The third kappa shape index (κ3) is 7.08. The molecule has 0 radical (unpaired) electrons. The van der Waals surface area contributed by atoms with Gasteiger partial charge in [-0.3, -0.25) is 4.79 Å². The molecule has 0 aliphatic heterocycles. The van der Waals surface area contributed by atoms with Crippen molar-refractivity contribution in [2.75, 3.05) is 13.7 Å². The van der Waals surface area contributed by atoms with Gasteiger partial charge >= 0.3 is 5.97 Å². The molecule has 0 amide bonds. The molecule has 0 heterocycles. The number of benzene rings is 1. The van der Waals surface area contributed by atoms with Crippen LogP contribution < -0.4 is 9.47 Å². The normalized spacial score (nSPS) is 11.6. The average Bonchev–Trinajstić information content (AvgIpc) is 2.44. The lowest BCUT2D eigenvalue weighted by atomic mass is 10.1. The highest BCUT2D eigenvalue weighted by Crippen LogP contribution is 2.31. The van der Waals surface area contributed by atoms with Gasteiger partial charge in [-0.2, -0.15) is 0 Å². The molecule has 0 aliphatic carbocycles. The molecule has 1 aromatic carbocycles. The van der Waals surface area contributed by atoms with E-state index in [1.165, 1.54) is 0 Å². The monoisotopic (exact) mass is 384 g/mol. The van der Waals surface area contributed by atoms with E-state index in [2.05, 4.69) is 15.9 Å². The van der Waals surface area contributed by atoms with Crippen LogP contribution in [-0.4, -0.2) is 25.3 Å². The van der Waals surface area contributed by atoms with Crippen molar-refractivity contribution >= 4 is 28.0 Å². The van der Waals surface area contributed by atoms with Crippen LogP contribution in [0.5, 0.6) is 11.5 Å². The minimum Gasteiger partial charge on any atom is -0.493 e. The standard InChI is InChI=1S/C18H25BrO4/c1-13-11-15(21-5)16(12-14(13)8-9-19)22-10-6-7-17(20)23-18(2,3)4/h8-9,11-12H,6-7,10H2,1-5H3/b9-8+. The van der Waals surface area contributed by atoms with E-state index < -0.39 is 5.60 Å². The van der Waals surface area contributed by atoms with Crippen molar-refractivity contribution in [3.8, 4) is 11.5 Å². The van der Waals surface area contributed by atoms with E-state index in [1.807, 2.05) is 45.9 Å². The summed E-state index contributed by atoms with van der Waals surface area (Å²) in [6.07, 6.45) is 2.87. The highest BCUT2D eigenvalue weighted by molar-refractivity contribution is 9.11. The number of esters is 1. The molecule has 4 nitrogen and oxygen atoms in total. The largest absolute Gasteiger partial charge is 0.493 e. The molecule has 0 atom stereocenters. The smallest absolute Gasteiger partial charge is 0.306 e. The fourth-order valence-corrected chi connectivity index (χ4v) is 2.27.